The van der Waals surface area contributed by atoms with Crippen molar-refractivity contribution in [2.45, 2.75) is 42.8 Å². The van der Waals surface area contributed by atoms with Crippen molar-refractivity contribution < 1.29 is 24.2 Å². The Morgan fingerprint density at radius 1 is 1.21 bits per heavy atom. The predicted octanol–water partition coefficient (Wildman–Crippen LogP) is 4.64. The third kappa shape index (κ3) is 8.91. The summed E-state index contributed by atoms with van der Waals surface area (Å²) < 4.78 is 11.9. The first kappa shape index (κ1) is 29.3. The van der Waals surface area contributed by atoms with E-state index < -0.39 is 12.0 Å². The van der Waals surface area contributed by atoms with Crippen molar-refractivity contribution in [3.05, 3.63) is 48.0 Å². The Morgan fingerprint density at radius 2 is 2.03 bits per heavy atom. The molecule has 39 heavy (non-hydrogen) atoms. The number of thiazole rings is 1. The summed E-state index contributed by atoms with van der Waals surface area (Å²) in [7, 11) is 5.71. The van der Waals surface area contributed by atoms with Crippen LogP contribution < -0.4 is 10.1 Å². The molecule has 1 saturated carbocycles. The van der Waals surface area contributed by atoms with E-state index in [0.29, 0.717) is 36.6 Å². The van der Waals surface area contributed by atoms with Crippen molar-refractivity contribution in [1.82, 2.24) is 9.88 Å². The van der Waals surface area contributed by atoms with Crippen molar-refractivity contribution in [3.63, 3.8) is 0 Å². The van der Waals surface area contributed by atoms with Crippen molar-refractivity contribution >= 4 is 50.1 Å². The molecule has 2 aromatic carbocycles. The summed E-state index contributed by atoms with van der Waals surface area (Å²) >= 11 is 3.11. The van der Waals surface area contributed by atoms with Gasteiger partial charge in [0.05, 0.1) is 16.3 Å². The van der Waals surface area contributed by atoms with E-state index in [2.05, 4.69) is 20.4 Å². The standard InChI is InChI=1S/C28H36N4O5S2/c1-32(2)13-15-36-21-9-12-24-25(18-21)39-28(29-24)30-27(34)26(31-37-22-8-7-20(33)17-22)19-5-10-23(11-6-19)38-16-4-14-35-3/h5-6,9-12,18,20,22,33H,4,7-8,13-17H2,1-3H3,(H,29,30,34)/b31-26+/t20-,22-/m1/s1. The molecular weight excluding hydrogens is 536 g/mol. The van der Waals surface area contributed by atoms with Crippen LogP contribution in [0.15, 0.2) is 52.5 Å². The minimum atomic E-state index is -0.407. The number of oxime groups is 1. The number of nitrogens with zero attached hydrogens (tertiary/aromatic N) is 3. The zero-order chi connectivity index (χ0) is 27.6. The van der Waals surface area contributed by atoms with Crippen LogP contribution in [0.4, 0.5) is 5.13 Å². The Labute approximate surface area is 237 Å². The molecule has 1 amide bonds. The summed E-state index contributed by atoms with van der Waals surface area (Å²) in [5.74, 6) is 1.30. The number of likely N-dealkylation sites (N-methyl/N-ethyl adjacent to an activating group) is 1. The number of amides is 1. The maximum atomic E-state index is 13.4. The van der Waals surface area contributed by atoms with Gasteiger partial charge in [0, 0.05) is 42.9 Å². The monoisotopic (exact) mass is 572 g/mol. The minimum Gasteiger partial charge on any atom is -0.492 e. The number of hydrogen-bond acceptors (Lipinski definition) is 10. The van der Waals surface area contributed by atoms with Gasteiger partial charge in [0.25, 0.3) is 5.91 Å². The number of hydrogen-bond donors (Lipinski definition) is 2. The average Bonchev–Trinajstić information content (AvgIpc) is 3.52. The van der Waals surface area contributed by atoms with E-state index in [9.17, 15) is 9.90 Å². The smallest absolute Gasteiger partial charge is 0.280 e. The Kier molecular flexibility index (Phi) is 11.0. The topological polar surface area (TPSA) is 106 Å². The lowest BCUT2D eigenvalue weighted by Gasteiger charge is -2.11. The van der Waals surface area contributed by atoms with Crippen LogP contribution in [0.1, 0.15) is 31.2 Å². The second kappa shape index (κ2) is 14.6. The molecule has 2 N–H and O–H groups in total. The number of anilines is 1. The highest BCUT2D eigenvalue weighted by atomic mass is 32.2. The molecule has 0 spiro atoms. The Bertz CT molecular complexity index is 1250. The van der Waals surface area contributed by atoms with E-state index in [4.69, 9.17) is 14.3 Å². The van der Waals surface area contributed by atoms with Crippen LogP contribution in [-0.2, 0) is 14.4 Å². The zero-order valence-electron chi connectivity index (χ0n) is 22.6. The molecule has 1 fully saturated rings. The van der Waals surface area contributed by atoms with Crippen molar-refractivity contribution in [2.24, 2.45) is 5.16 Å². The van der Waals surface area contributed by atoms with Crippen LogP contribution in [-0.4, -0.2) is 85.5 Å². The first-order valence-electron chi connectivity index (χ1n) is 13.0. The number of rotatable bonds is 14. The van der Waals surface area contributed by atoms with Crippen molar-refractivity contribution in [2.75, 3.05) is 52.0 Å². The number of aliphatic hydroxyl groups is 1. The van der Waals surface area contributed by atoms with Crippen LogP contribution >= 0.6 is 23.1 Å². The lowest BCUT2D eigenvalue weighted by atomic mass is 10.1. The SMILES string of the molecule is COCCCSc1ccc(/C(=N\O[C@@H]2CC[C@@H](O)C2)C(=O)Nc2nc3ccc(OCCN(C)C)cc3s2)cc1. The number of methoxy groups -OCH3 is 1. The summed E-state index contributed by atoms with van der Waals surface area (Å²) in [5, 5.41) is 17.5. The van der Waals surface area contributed by atoms with Crippen molar-refractivity contribution in [3.8, 4) is 5.75 Å². The summed E-state index contributed by atoms with van der Waals surface area (Å²) in [6.07, 6.45) is 2.23. The fourth-order valence-corrected chi connectivity index (χ4v) is 5.73. The molecule has 0 unspecified atom stereocenters. The number of benzene rings is 2. The van der Waals surface area contributed by atoms with Crippen LogP contribution in [0.2, 0.25) is 0 Å². The Balaban J connectivity index is 1.47. The fraction of sp³-hybridized carbons (Fsp3) is 0.464. The third-order valence-electron chi connectivity index (χ3n) is 6.14. The Hall–Kier alpha value is -2.70. The van der Waals surface area contributed by atoms with Gasteiger partial charge in [-0.2, -0.15) is 0 Å². The maximum Gasteiger partial charge on any atom is 0.280 e. The number of ether oxygens (including phenoxy) is 2. The van der Waals surface area contributed by atoms with Gasteiger partial charge in [0.1, 0.15) is 18.5 Å². The van der Waals surface area contributed by atoms with E-state index in [0.717, 1.165) is 46.2 Å². The minimum absolute atomic E-state index is 0.166. The summed E-state index contributed by atoms with van der Waals surface area (Å²) in [5.41, 5.74) is 1.59. The van der Waals surface area contributed by atoms with Gasteiger partial charge < -0.3 is 24.3 Å². The highest BCUT2D eigenvalue weighted by Crippen LogP contribution is 2.30. The van der Waals surface area contributed by atoms with E-state index in [1.165, 1.54) is 11.3 Å². The number of carbonyl (C=O) groups is 1. The molecule has 1 heterocycles. The normalized spacial score (nSPS) is 17.6. The number of nitrogens with one attached hydrogen (secondary N) is 1. The second-order valence-electron chi connectivity index (χ2n) is 9.61. The zero-order valence-corrected chi connectivity index (χ0v) is 24.2. The Morgan fingerprint density at radius 3 is 2.74 bits per heavy atom. The molecule has 4 rings (SSSR count). The van der Waals surface area contributed by atoms with Crippen LogP contribution in [0.3, 0.4) is 0 Å². The van der Waals surface area contributed by atoms with Gasteiger partial charge in [0.15, 0.2) is 10.8 Å². The van der Waals surface area contributed by atoms with E-state index in [1.54, 1.807) is 18.9 Å². The van der Waals surface area contributed by atoms with Gasteiger partial charge in [-0.25, -0.2) is 4.98 Å². The molecule has 0 bridgehead atoms. The molecule has 1 aromatic heterocycles. The highest BCUT2D eigenvalue weighted by Gasteiger charge is 2.25. The third-order valence-corrected chi connectivity index (χ3v) is 8.17. The number of thioether (sulfide) groups is 1. The summed E-state index contributed by atoms with van der Waals surface area (Å²) in [6, 6.07) is 13.4. The maximum absolute atomic E-state index is 13.4. The molecule has 9 nitrogen and oxygen atoms in total. The van der Waals surface area contributed by atoms with Crippen LogP contribution in [0.25, 0.3) is 10.2 Å². The highest BCUT2D eigenvalue weighted by molar-refractivity contribution is 7.99. The number of aliphatic hydroxyl groups excluding tert-OH is 1. The van der Waals surface area contributed by atoms with Gasteiger partial charge in [-0.1, -0.05) is 28.6 Å². The van der Waals surface area contributed by atoms with Crippen LogP contribution in [0, 0.1) is 0 Å². The molecule has 0 aliphatic heterocycles. The lowest BCUT2D eigenvalue weighted by molar-refractivity contribution is -0.110. The van der Waals surface area contributed by atoms with Crippen LogP contribution in [0.5, 0.6) is 5.75 Å². The van der Waals surface area contributed by atoms with Crippen molar-refractivity contribution in [1.29, 1.82) is 0 Å². The van der Waals surface area contributed by atoms with E-state index in [1.807, 2.05) is 56.6 Å². The molecule has 1 aliphatic carbocycles. The first-order valence-corrected chi connectivity index (χ1v) is 14.8. The van der Waals surface area contributed by atoms with Gasteiger partial charge in [-0.3, -0.25) is 10.1 Å². The predicted molar refractivity (Wildman–Crippen MR) is 157 cm³/mol. The molecule has 210 valence electrons. The molecular formula is C28H36N4O5S2. The number of fused-ring (bicyclic) bond motifs is 1. The molecule has 1 aliphatic rings. The molecule has 11 heteroatoms. The summed E-state index contributed by atoms with van der Waals surface area (Å²) in [6.45, 7) is 2.13. The lowest BCUT2D eigenvalue weighted by Crippen LogP contribution is -2.25. The largest absolute Gasteiger partial charge is 0.492 e. The number of aromatic nitrogens is 1. The number of carbonyl (C=O) groups excluding carboxylic acids is 1. The first-order chi connectivity index (χ1) is 18.9. The van der Waals surface area contributed by atoms with Gasteiger partial charge in [-0.15, -0.1) is 11.8 Å². The summed E-state index contributed by atoms with van der Waals surface area (Å²) in [4.78, 5) is 26.8. The van der Waals surface area contributed by atoms with E-state index in [-0.39, 0.29) is 11.8 Å². The fourth-order valence-electron chi connectivity index (χ4n) is 4.02. The molecule has 3 aromatic rings. The molecule has 2 atom stereocenters. The van der Waals surface area contributed by atoms with Gasteiger partial charge >= 0.3 is 0 Å². The van der Waals surface area contributed by atoms with Gasteiger partial charge in [0.2, 0.25) is 0 Å². The van der Waals surface area contributed by atoms with E-state index >= 15 is 0 Å². The molecule has 0 saturated heterocycles. The quantitative estimate of drug-likeness (QED) is 0.125. The van der Waals surface area contributed by atoms with Gasteiger partial charge in [-0.05, 0) is 63.7 Å². The molecule has 0 radical (unpaired) electrons. The average molecular weight is 573 g/mol. The second-order valence-corrected chi connectivity index (χ2v) is 11.8.